The van der Waals surface area contributed by atoms with Gasteiger partial charge in [-0.25, -0.2) is 0 Å². The van der Waals surface area contributed by atoms with Crippen molar-refractivity contribution >= 4 is 0 Å². The average Bonchev–Trinajstić information content (AvgIpc) is 2.55. The maximum Gasteiger partial charge on any atom is 0.387 e. The molecule has 0 amide bonds. The first kappa shape index (κ1) is 17.3. The minimum Gasteiger partial charge on any atom is -0.494 e. The monoisotopic (exact) mass is 320 g/mol. The molecule has 0 atom stereocenters. The number of halogens is 2. The molecule has 0 N–H and O–H groups in total. The molecule has 0 aliphatic carbocycles. The van der Waals surface area contributed by atoms with Crippen LogP contribution in [0.15, 0.2) is 48.5 Å². The minimum atomic E-state index is -2.78. The van der Waals surface area contributed by atoms with Crippen molar-refractivity contribution in [3.05, 3.63) is 59.7 Å². The molecular formula is C19H22F2O2. The lowest BCUT2D eigenvalue weighted by Crippen LogP contribution is -2.01. The van der Waals surface area contributed by atoms with Gasteiger partial charge in [0.25, 0.3) is 0 Å². The number of benzene rings is 2. The fourth-order valence-corrected chi connectivity index (χ4v) is 2.21. The first-order valence-electron chi connectivity index (χ1n) is 7.93. The van der Waals surface area contributed by atoms with Gasteiger partial charge in [0.1, 0.15) is 11.5 Å². The normalized spacial score (nSPS) is 10.8. The Balaban J connectivity index is 1.81. The molecule has 23 heavy (non-hydrogen) atoms. The molecule has 4 heteroatoms. The maximum atomic E-state index is 12.1. The zero-order chi connectivity index (χ0) is 16.5. The van der Waals surface area contributed by atoms with E-state index >= 15 is 0 Å². The van der Waals surface area contributed by atoms with Crippen LogP contribution in [-0.2, 0) is 12.8 Å². The van der Waals surface area contributed by atoms with E-state index in [0.717, 1.165) is 43.6 Å². The standard InChI is InChI=1S/C19H22F2O2/c1-2-3-14-22-17-10-6-15(7-11-17)4-5-16-8-12-18(13-9-16)23-19(20)21/h6-13,19H,2-5,14H2,1H3. The van der Waals surface area contributed by atoms with Gasteiger partial charge in [0, 0.05) is 0 Å². The summed E-state index contributed by atoms with van der Waals surface area (Å²) in [5, 5.41) is 0. The Kier molecular flexibility index (Phi) is 6.85. The number of ether oxygens (including phenoxy) is 2. The Morgan fingerprint density at radius 1 is 0.826 bits per heavy atom. The Morgan fingerprint density at radius 3 is 1.83 bits per heavy atom. The second-order valence-corrected chi connectivity index (χ2v) is 5.37. The van der Waals surface area contributed by atoms with E-state index < -0.39 is 6.61 Å². The third-order valence-corrected chi connectivity index (χ3v) is 3.54. The van der Waals surface area contributed by atoms with Crippen molar-refractivity contribution in [3.63, 3.8) is 0 Å². The van der Waals surface area contributed by atoms with Crippen LogP contribution in [0.2, 0.25) is 0 Å². The molecule has 0 saturated carbocycles. The Labute approximate surface area is 136 Å². The van der Waals surface area contributed by atoms with Gasteiger partial charge >= 0.3 is 6.61 Å². The number of alkyl halides is 2. The molecule has 2 rings (SSSR count). The SMILES string of the molecule is CCCCOc1ccc(CCc2ccc(OC(F)F)cc2)cc1. The van der Waals surface area contributed by atoms with Crippen molar-refractivity contribution in [2.75, 3.05) is 6.61 Å². The summed E-state index contributed by atoms with van der Waals surface area (Å²) in [5.74, 6) is 1.09. The maximum absolute atomic E-state index is 12.1. The first-order chi connectivity index (χ1) is 11.2. The highest BCUT2D eigenvalue weighted by atomic mass is 19.3. The minimum absolute atomic E-state index is 0.192. The second kappa shape index (κ2) is 9.13. The molecule has 2 nitrogen and oxygen atoms in total. The molecule has 0 spiro atoms. The topological polar surface area (TPSA) is 18.5 Å². The Bertz CT molecular complexity index is 565. The second-order valence-electron chi connectivity index (χ2n) is 5.37. The molecule has 124 valence electrons. The van der Waals surface area contributed by atoms with Crippen LogP contribution in [0.3, 0.4) is 0 Å². The summed E-state index contributed by atoms with van der Waals surface area (Å²) >= 11 is 0. The highest BCUT2D eigenvalue weighted by molar-refractivity contribution is 5.30. The summed E-state index contributed by atoms with van der Waals surface area (Å²) in [4.78, 5) is 0. The molecule has 0 radical (unpaired) electrons. The molecular weight excluding hydrogens is 298 g/mol. The van der Waals surface area contributed by atoms with Crippen LogP contribution in [0.25, 0.3) is 0 Å². The molecule has 0 unspecified atom stereocenters. The summed E-state index contributed by atoms with van der Waals surface area (Å²) in [6.45, 7) is 0.112. The zero-order valence-electron chi connectivity index (χ0n) is 13.3. The first-order valence-corrected chi connectivity index (χ1v) is 7.93. The molecule has 0 heterocycles. The summed E-state index contributed by atoms with van der Waals surface area (Å²) in [5.41, 5.74) is 2.32. The Hall–Kier alpha value is -2.10. The summed E-state index contributed by atoms with van der Waals surface area (Å²) in [6, 6.07) is 14.9. The molecule has 0 aliphatic rings. The van der Waals surface area contributed by atoms with Crippen LogP contribution in [0, 0.1) is 0 Å². The van der Waals surface area contributed by atoms with E-state index in [2.05, 4.69) is 23.8 Å². The molecule has 0 aromatic heterocycles. The van der Waals surface area contributed by atoms with Crippen LogP contribution in [0.1, 0.15) is 30.9 Å². The van der Waals surface area contributed by atoms with E-state index in [4.69, 9.17) is 4.74 Å². The quantitative estimate of drug-likeness (QED) is 0.587. The number of hydrogen-bond acceptors (Lipinski definition) is 2. The molecule has 0 saturated heterocycles. The van der Waals surface area contributed by atoms with E-state index in [9.17, 15) is 8.78 Å². The predicted molar refractivity (Wildman–Crippen MR) is 87.3 cm³/mol. The van der Waals surface area contributed by atoms with E-state index in [-0.39, 0.29) is 5.75 Å². The van der Waals surface area contributed by atoms with Crippen molar-refractivity contribution in [2.24, 2.45) is 0 Å². The van der Waals surface area contributed by atoms with Crippen molar-refractivity contribution in [3.8, 4) is 11.5 Å². The van der Waals surface area contributed by atoms with Gasteiger partial charge in [-0.15, -0.1) is 0 Å². The number of hydrogen-bond donors (Lipinski definition) is 0. The van der Waals surface area contributed by atoms with E-state index in [1.54, 1.807) is 12.1 Å². The number of aryl methyl sites for hydroxylation is 2. The fourth-order valence-electron chi connectivity index (χ4n) is 2.21. The summed E-state index contributed by atoms with van der Waals surface area (Å²) < 4.78 is 34.1. The lowest BCUT2D eigenvalue weighted by molar-refractivity contribution is -0.0498. The summed E-state index contributed by atoms with van der Waals surface area (Å²) in [7, 11) is 0. The molecule has 0 fully saturated rings. The third-order valence-electron chi connectivity index (χ3n) is 3.54. The fraction of sp³-hybridized carbons (Fsp3) is 0.368. The van der Waals surface area contributed by atoms with E-state index in [1.165, 1.54) is 5.56 Å². The molecule has 0 bridgehead atoms. The lowest BCUT2D eigenvalue weighted by atomic mass is 10.0. The average molecular weight is 320 g/mol. The van der Waals surface area contributed by atoms with Crippen molar-refractivity contribution in [2.45, 2.75) is 39.2 Å². The predicted octanol–water partition coefficient (Wildman–Crippen LogP) is 5.25. The zero-order valence-corrected chi connectivity index (χ0v) is 13.3. The smallest absolute Gasteiger partial charge is 0.387 e. The lowest BCUT2D eigenvalue weighted by Gasteiger charge is -2.08. The highest BCUT2D eigenvalue weighted by Crippen LogP contribution is 2.17. The van der Waals surface area contributed by atoms with Gasteiger partial charge in [0.15, 0.2) is 0 Å². The highest BCUT2D eigenvalue weighted by Gasteiger charge is 2.04. The van der Waals surface area contributed by atoms with Crippen LogP contribution in [0.5, 0.6) is 11.5 Å². The van der Waals surface area contributed by atoms with Crippen molar-refractivity contribution < 1.29 is 18.3 Å². The third kappa shape index (κ3) is 6.27. The van der Waals surface area contributed by atoms with E-state index in [0.29, 0.717) is 0 Å². The number of unbranched alkanes of at least 4 members (excludes halogenated alkanes) is 1. The van der Waals surface area contributed by atoms with Crippen LogP contribution in [0.4, 0.5) is 8.78 Å². The van der Waals surface area contributed by atoms with Gasteiger partial charge in [0.2, 0.25) is 0 Å². The van der Waals surface area contributed by atoms with Crippen molar-refractivity contribution in [1.29, 1.82) is 0 Å². The van der Waals surface area contributed by atoms with Gasteiger partial charge in [-0.1, -0.05) is 37.6 Å². The Morgan fingerprint density at radius 2 is 1.35 bits per heavy atom. The van der Waals surface area contributed by atoms with E-state index in [1.807, 2.05) is 24.3 Å². The van der Waals surface area contributed by atoms with Crippen LogP contribution < -0.4 is 9.47 Å². The molecule has 2 aromatic carbocycles. The van der Waals surface area contributed by atoms with Crippen LogP contribution in [-0.4, -0.2) is 13.2 Å². The molecule has 2 aromatic rings. The van der Waals surface area contributed by atoms with Gasteiger partial charge in [-0.2, -0.15) is 8.78 Å². The van der Waals surface area contributed by atoms with Gasteiger partial charge in [0.05, 0.1) is 6.61 Å². The molecule has 0 aliphatic heterocycles. The van der Waals surface area contributed by atoms with Crippen LogP contribution >= 0.6 is 0 Å². The van der Waals surface area contributed by atoms with Crippen molar-refractivity contribution in [1.82, 2.24) is 0 Å². The van der Waals surface area contributed by atoms with Gasteiger partial charge < -0.3 is 9.47 Å². The van der Waals surface area contributed by atoms with Gasteiger partial charge in [-0.05, 0) is 54.7 Å². The number of rotatable bonds is 9. The largest absolute Gasteiger partial charge is 0.494 e. The van der Waals surface area contributed by atoms with Gasteiger partial charge in [-0.3, -0.25) is 0 Å². The summed E-state index contributed by atoms with van der Waals surface area (Å²) in [6.07, 6.45) is 3.93.